The third kappa shape index (κ3) is 3.04. The van der Waals surface area contributed by atoms with E-state index in [4.69, 9.17) is 5.73 Å². The molecule has 0 heterocycles. The molecule has 2 aromatic carbocycles. The van der Waals surface area contributed by atoms with Crippen molar-refractivity contribution in [2.45, 2.75) is 6.18 Å². The fourth-order valence-corrected chi connectivity index (χ4v) is 2.69. The van der Waals surface area contributed by atoms with E-state index in [1.54, 1.807) is 0 Å². The van der Waals surface area contributed by atoms with Crippen molar-refractivity contribution >= 4 is 28.1 Å². The highest BCUT2D eigenvalue weighted by atomic mass is 79.9. The molecule has 22 heavy (non-hydrogen) atoms. The van der Waals surface area contributed by atoms with E-state index < -0.39 is 17.6 Å². The number of primary amides is 1. The lowest BCUT2D eigenvalue weighted by molar-refractivity contribution is -0.137. The van der Waals surface area contributed by atoms with Gasteiger partial charge in [0.1, 0.15) is 0 Å². The van der Waals surface area contributed by atoms with Crippen LogP contribution in [-0.4, -0.2) is 12.2 Å². The fraction of sp³-hybridized carbons (Fsp3) is 0.0667. The van der Waals surface area contributed by atoms with Crippen molar-refractivity contribution in [3.63, 3.8) is 0 Å². The second-order valence-electron chi connectivity index (χ2n) is 4.45. The second kappa shape index (κ2) is 5.92. The molecule has 0 aromatic heterocycles. The van der Waals surface area contributed by atoms with Crippen LogP contribution in [0.3, 0.4) is 0 Å². The molecule has 0 spiro atoms. The Bertz CT molecular complexity index is 757. The van der Waals surface area contributed by atoms with Crippen molar-refractivity contribution in [1.82, 2.24) is 0 Å². The van der Waals surface area contributed by atoms with Gasteiger partial charge in [-0.25, -0.2) is 0 Å². The number of carbonyl (C=O) groups is 2. The molecule has 0 aliphatic heterocycles. The van der Waals surface area contributed by atoms with Crippen LogP contribution < -0.4 is 5.73 Å². The number of halogens is 4. The predicted molar refractivity (Wildman–Crippen MR) is 78.5 cm³/mol. The molecule has 7 heteroatoms. The smallest absolute Gasteiger partial charge is 0.366 e. The summed E-state index contributed by atoms with van der Waals surface area (Å²) in [5, 5.41) is 0. The third-order valence-electron chi connectivity index (χ3n) is 3.04. The molecule has 2 N–H and O–H groups in total. The normalized spacial score (nSPS) is 11.3. The van der Waals surface area contributed by atoms with E-state index in [2.05, 4.69) is 15.9 Å². The van der Waals surface area contributed by atoms with Crippen LogP contribution in [-0.2, 0) is 6.18 Å². The largest absolute Gasteiger partial charge is 0.416 e. The molecule has 0 saturated carbocycles. The van der Waals surface area contributed by atoms with E-state index >= 15 is 0 Å². The first-order valence-electron chi connectivity index (χ1n) is 6.01. The first kappa shape index (κ1) is 16.2. The summed E-state index contributed by atoms with van der Waals surface area (Å²) in [5.74, 6) is -0.800. The number of alkyl halides is 3. The van der Waals surface area contributed by atoms with Gasteiger partial charge < -0.3 is 5.73 Å². The lowest BCUT2D eigenvalue weighted by atomic mass is 9.95. The highest BCUT2D eigenvalue weighted by Crippen LogP contribution is 2.37. The molecular formula is C15H9BrF3NO2. The van der Waals surface area contributed by atoms with E-state index in [1.165, 1.54) is 24.3 Å². The van der Waals surface area contributed by atoms with Crippen LogP contribution in [0, 0.1) is 0 Å². The Morgan fingerprint density at radius 2 is 1.86 bits per heavy atom. The Morgan fingerprint density at radius 3 is 2.41 bits per heavy atom. The molecule has 0 aliphatic carbocycles. The van der Waals surface area contributed by atoms with Gasteiger partial charge in [0.05, 0.1) is 5.56 Å². The average molecular weight is 372 g/mol. The number of carbonyl (C=O) groups excluding carboxylic acids is 2. The van der Waals surface area contributed by atoms with Crippen LogP contribution in [0.1, 0.15) is 26.3 Å². The molecule has 3 nitrogen and oxygen atoms in total. The van der Waals surface area contributed by atoms with Crippen LogP contribution in [0.4, 0.5) is 13.2 Å². The minimum absolute atomic E-state index is 0.0248. The summed E-state index contributed by atoms with van der Waals surface area (Å²) in [6, 6.07) is 7.14. The van der Waals surface area contributed by atoms with Gasteiger partial charge in [-0.1, -0.05) is 12.1 Å². The number of hydrogen-bond donors (Lipinski definition) is 1. The Hall–Kier alpha value is -2.15. The minimum atomic E-state index is -4.52. The molecule has 0 atom stereocenters. The van der Waals surface area contributed by atoms with E-state index in [0.717, 1.165) is 12.1 Å². The van der Waals surface area contributed by atoms with Gasteiger partial charge in [0.2, 0.25) is 5.91 Å². The predicted octanol–water partition coefficient (Wildman–Crippen LogP) is 4.05. The maximum Gasteiger partial charge on any atom is 0.416 e. The molecule has 0 bridgehead atoms. The minimum Gasteiger partial charge on any atom is -0.366 e. The quantitative estimate of drug-likeness (QED) is 0.827. The zero-order valence-electron chi connectivity index (χ0n) is 10.9. The summed E-state index contributed by atoms with van der Waals surface area (Å²) in [5.41, 5.74) is 4.93. The summed E-state index contributed by atoms with van der Waals surface area (Å²) in [4.78, 5) is 22.5. The van der Waals surface area contributed by atoms with Crippen molar-refractivity contribution in [3.8, 4) is 11.1 Å². The lowest BCUT2D eigenvalue weighted by Gasteiger charge is -2.13. The van der Waals surface area contributed by atoms with Gasteiger partial charge in [-0.15, -0.1) is 0 Å². The number of benzene rings is 2. The number of rotatable bonds is 3. The van der Waals surface area contributed by atoms with Gasteiger partial charge in [0.15, 0.2) is 6.29 Å². The Morgan fingerprint density at radius 1 is 1.18 bits per heavy atom. The Labute approximate surface area is 132 Å². The number of aldehydes is 1. The van der Waals surface area contributed by atoms with E-state index in [9.17, 15) is 22.8 Å². The molecule has 0 radical (unpaired) electrons. The van der Waals surface area contributed by atoms with Crippen LogP contribution in [0.25, 0.3) is 11.1 Å². The Balaban J connectivity index is 2.76. The molecule has 0 saturated heterocycles. The summed E-state index contributed by atoms with van der Waals surface area (Å²) in [6.07, 6.45) is -3.98. The first-order chi connectivity index (χ1) is 10.3. The highest BCUT2D eigenvalue weighted by Gasteiger charge is 2.31. The maximum atomic E-state index is 12.8. The zero-order valence-corrected chi connectivity index (χ0v) is 12.5. The van der Waals surface area contributed by atoms with Gasteiger partial charge in [0.25, 0.3) is 0 Å². The summed E-state index contributed by atoms with van der Waals surface area (Å²) < 4.78 is 38.7. The SMILES string of the molecule is NC(=O)c1ccc(C=O)c(Br)c1-c1cccc(C(F)(F)F)c1. The van der Waals surface area contributed by atoms with Gasteiger partial charge >= 0.3 is 6.18 Å². The Kier molecular flexibility index (Phi) is 4.37. The molecule has 114 valence electrons. The number of nitrogens with two attached hydrogens (primary N) is 1. The highest BCUT2D eigenvalue weighted by molar-refractivity contribution is 9.10. The van der Waals surface area contributed by atoms with Crippen molar-refractivity contribution in [1.29, 1.82) is 0 Å². The number of hydrogen-bond acceptors (Lipinski definition) is 2. The van der Waals surface area contributed by atoms with Crippen molar-refractivity contribution in [2.24, 2.45) is 5.73 Å². The van der Waals surface area contributed by atoms with Gasteiger partial charge in [0, 0.05) is 21.2 Å². The van der Waals surface area contributed by atoms with Crippen LogP contribution in [0.5, 0.6) is 0 Å². The van der Waals surface area contributed by atoms with Crippen LogP contribution >= 0.6 is 15.9 Å². The lowest BCUT2D eigenvalue weighted by Crippen LogP contribution is -2.13. The van der Waals surface area contributed by atoms with Crippen LogP contribution in [0.2, 0.25) is 0 Å². The molecule has 0 aliphatic rings. The molecular weight excluding hydrogens is 363 g/mol. The first-order valence-corrected chi connectivity index (χ1v) is 6.80. The van der Waals surface area contributed by atoms with Crippen molar-refractivity contribution in [2.75, 3.05) is 0 Å². The van der Waals surface area contributed by atoms with Gasteiger partial charge in [-0.3, -0.25) is 9.59 Å². The van der Waals surface area contributed by atoms with E-state index in [1.807, 2.05) is 0 Å². The molecule has 1 amide bonds. The maximum absolute atomic E-state index is 12.8. The summed E-state index contributed by atoms with van der Waals surface area (Å²) in [7, 11) is 0. The fourth-order valence-electron chi connectivity index (χ4n) is 2.02. The van der Waals surface area contributed by atoms with Gasteiger partial charge in [-0.2, -0.15) is 13.2 Å². The summed E-state index contributed by atoms with van der Waals surface area (Å²) in [6.45, 7) is 0. The average Bonchev–Trinajstić information content (AvgIpc) is 2.46. The van der Waals surface area contributed by atoms with Gasteiger partial charge in [-0.05, 0) is 45.8 Å². The third-order valence-corrected chi connectivity index (χ3v) is 3.90. The molecule has 0 unspecified atom stereocenters. The topological polar surface area (TPSA) is 60.2 Å². The van der Waals surface area contributed by atoms with Crippen LogP contribution in [0.15, 0.2) is 40.9 Å². The van der Waals surface area contributed by atoms with Crippen molar-refractivity contribution in [3.05, 3.63) is 57.6 Å². The molecule has 2 rings (SSSR count). The molecule has 0 fully saturated rings. The standard InChI is InChI=1S/C15H9BrF3NO2/c16-13-9(7-21)4-5-11(14(20)22)12(13)8-2-1-3-10(6-8)15(17,18)19/h1-7H,(H2,20,22). The molecule has 2 aromatic rings. The summed E-state index contributed by atoms with van der Waals surface area (Å²) >= 11 is 3.15. The van der Waals surface area contributed by atoms with E-state index in [0.29, 0.717) is 6.29 Å². The van der Waals surface area contributed by atoms with Crippen molar-refractivity contribution < 1.29 is 22.8 Å². The monoisotopic (exact) mass is 371 g/mol. The second-order valence-corrected chi connectivity index (χ2v) is 5.24. The van der Waals surface area contributed by atoms with E-state index in [-0.39, 0.29) is 26.7 Å². The zero-order chi connectivity index (χ0) is 16.5. The number of amides is 1.